The molecule has 0 saturated carbocycles. The quantitative estimate of drug-likeness (QED) is 0.0670. The molecule has 10 heteroatoms. The van der Waals surface area contributed by atoms with Crippen LogP contribution in [0.1, 0.15) is 53.8 Å². The molecule has 10 nitrogen and oxygen atoms in total. The van der Waals surface area contributed by atoms with E-state index in [9.17, 15) is 10.0 Å². The van der Waals surface area contributed by atoms with Gasteiger partial charge in [0.2, 0.25) is 5.75 Å². The number of hydrogen-bond acceptors (Lipinski definition) is 9. The summed E-state index contributed by atoms with van der Waals surface area (Å²) in [7, 11) is 6.30. The van der Waals surface area contributed by atoms with Crippen molar-refractivity contribution >= 4 is 5.91 Å². The third kappa shape index (κ3) is 7.92. The van der Waals surface area contributed by atoms with Crippen molar-refractivity contribution in [1.82, 2.24) is 5.06 Å². The second-order valence-electron chi connectivity index (χ2n) is 11.3. The number of carbonyl (C=O) groups excluding carboxylic acids is 1. The fourth-order valence-corrected chi connectivity index (χ4v) is 5.84. The van der Waals surface area contributed by atoms with E-state index in [1.807, 2.05) is 73.7 Å². The van der Waals surface area contributed by atoms with Gasteiger partial charge >= 0.3 is 0 Å². The number of hydroxylamine groups is 2. The normalized spacial score (nSPS) is 18.2. The van der Waals surface area contributed by atoms with Crippen molar-refractivity contribution in [2.75, 3.05) is 35.0 Å². The van der Waals surface area contributed by atoms with Crippen LogP contribution < -0.4 is 23.7 Å². The van der Waals surface area contributed by atoms with E-state index in [1.54, 1.807) is 52.7 Å². The molecule has 49 heavy (non-hydrogen) atoms. The van der Waals surface area contributed by atoms with Crippen molar-refractivity contribution in [2.45, 2.75) is 44.0 Å². The van der Waals surface area contributed by atoms with Crippen molar-refractivity contribution in [3.05, 3.63) is 108 Å². The number of carbonyl (C=O) groups is 1. The van der Waals surface area contributed by atoms with Crippen molar-refractivity contribution < 1.29 is 43.2 Å². The maximum atomic E-state index is 13.2. The van der Waals surface area contributed by atoms with Gasteiger partial charge in [-0.25, -0.2) is 0 Å². The number of benzene rings is 4. The number of nitrogens with zero attached hydrogens (tertiary/aromatic N) is 1. The summed E-state index contributed by atoms with van der Waals surface area (Å²) in [6.45, 7) is 2.64. The van der Waals surface area contributed by atoms with Crippen LogP contribution in [0.25, 0.3) is 0 Å². The van der Waals surface area contributed by atoms with Crippen molar-refractivity contribution in [3.8, 4) is 46.5 Å². The molecule has 0 aliphatic carbocycles. The first-order valence-electron chi connectivity index (χ1n) is 15.9. The van der Waals surface area contributed by atoms with Crippen LogP contribution in [-0.2, 0) is 15.1 Å². The lowest BCUT2D eigenvalue weighted by atomic mass is 9.85. The predicted octanol–water partition coefficient (Wildman–Crippen LogP) is 7.55. The smallest absolute Gasteiger partial charge is 0.289 e. The third-order valence-corrected chi connectivity index (χ3v) is 8.25. The Kier molecular flexibility index (Phi) is 11.7. The Labute approximate surface area is 287 Å². The van der Waals surface area contributed by atoms with Crippen LogP contribution in [0.15, 0.2) is 91.0 Å². The lowest BCUT2D eigenvalue weighted by Crippen LogP contribution is -2.37. The fraction of sp³-hybridized carbons (Fsp3) is 0.308. The summed E-state index contributed by atoms with van der Waals surface area (Å²) in [4.78, 5) is 13.2. The highest BCUT2D eigenvalue weighted by Gasteiger charge is 2.50. The van der Waals surface area contributed by atoms with Crippen molar-refractivity contribution in [1.29, 1.82) is 0 Å². The number of hydrogen-bond donors (Lipinski definition) is 1. The second kappa shape index (κ2) is 16.3. The molecule has 1 fully saturated rings. The molecule has 256 valence electrons. The lowest BCUT2D eigenvalue weighted by Gasteiger charge is -2.33. The Balaban J connectivity index is 1.44. The molecule has 0 radical (unpaired) electrons. The maximum absolute atomic E-state index is 13.2. The molecule has 1 saturated heterocycles. The number of ether oxygens (including phenoxy) is 7. The van der Waals surface area contributed by atoms with Gasteiger partial charge in [0.05, 0.1) is 40.1 Å². The first-order chi connectivity index (χ1) is 23.8. The minimum atomic E-state index is -1.08. The van der Waals surface area contributed by atoms with Crippen LogP contribution in [-0.4, -0.2) is 57.3 Å². The molecular weight excluding hydrogens is 626 g/mol. The van der Waals surface area contributed by atoms with E-state index in [1.165, 1.54) is 0 Å². The predicted molar refractivity (Wildman–Crippen MR) is 183 cm³/mol. The molecule has 0 bridgehead atoms. The first-order valence-corrected chi connectivity index (χ1v) is 15.9. The van der Waals surface area contributed by atoms with E-state index in [-0.39, 0.29) is 12.0 Å². The zero-order chi connectivity index (χ0) is 34.8. The van der Waals surface area contributed by atoms with Crippen LogP contribution in [0.2, 0.25) is 0 Å². The molecule has 4 aromatic rings. The number of amides is 1. The largest absolute Gasteiger partial charge is 0.494 e. The Hall–Kier alpha value is -5.21. The van der Waals surface area contributed by atoms with Gasteiger partial charge in [-0.1, -0.05) is 49.2 Å². The molecule has 5 rings (SSSR count). The van der Waals surface area contributed by atoms with Gasteiger partial charge in [-0.3, -0.25) is 10.0 Å². The monoisotopic (exact) mass is 667 g/mol. The van der Waals surface area contributed by atoms with Gasteiger partial charge in [0.15, 0.2) is 11.5 Å². The molecule has 1 amide bonds. The topological polar surface area (TPSA) is 105 Å². The Morgan fingerprint density at radius 1 is 0.878 bits per heavy atom. The van der Waals surface area contributed by atoms with Crippen molar-refractivity contribution in [3.63, 3.8) is 0 Å². The number of para-hydroxylation sites is 1. The SMILES string of the molecule is CCCOc1ccc(C2(CC#CN(O)C(=O)c3cccc(Oc4ccccc4)c3)OC(c3cc(OC)c(OC)c(OC)c3)CC2OC)cc1. The highest BCUT2D eigenvalue weighted by Crippen LogP contribution is 2.51. The average molecular weight is 668 g/mol. The molecule has 1 N–H and O–H groups in total. The third-order valence-electron chi connectivity index (χ3n) is 8.25. The summed E-state index contributed by atoms with van der Waals surface area (Å²) in [5.74, 6) is 5.55. The summed E-state index contributed by atoms with van der Waals surface area (Å²) < 4.78 is 41.3. The summed E-state index contributed by atoms with van der Waals surface area (Å²) >= 11 is 0. The molecule has 1 aliphatic heterocycles. The van der Waals surface area contributed by atoms with E-state index < -0.39 is 23.7 Å². The molecule has 0 aromatic heterocycles. The fourth-order valence-electron chi connectivity index (χ4n) is 5.84. The van der Waals surface area contributed by atoms with Gasteiger partial charge < -0.3 is 33.2 Å². The Morgan fingerprint density at radius 3 is 2.20 bits per heavy atom. The Bertz CT molecular complexity index is 1740. The molecule has 0 spiro atoms. The number of methoxy groups -OCH3 is 4. The van der Waals surface area contributed by atoms with Gasteiger partial charge in [-0.05, 0) is 72.1 Å². The zero-order valence-electron chi connectivity index (χ0n) is 28.3. The van der Waals surface area contributed by atoms with E-state index in [0.29, 0.717) is 46.8 Å². The summed E-state index contributed by atoms with van der Waals surface area (Å²) in [5.41, 5.74) is 0.723. The molecule has 1 aliphatic rings. The first kappa shape index (κ1) is 35.1. The van der Waals surface area contributed by atoms with Crippen LogP contribution >= 0.6 is 0 Å². The molecule has 1 heterocycles. The van der Waals surface area contributed by atoms with Crippen LogP contribution in [0.5, 0.6) is 34.5 Å². The van der Waals surface area contributed by atoms with Crippen LogP contribution in [0, 0.1) is 12.0 Å². The van der Waals surface area contributed by atoms with E-state index in [0.717, 1.165) is 23.3 Å². The minimum Gasteiger partial charge on any atom is -0.494 e. The molecular formula is C39H41NO9. The lowest BCUT2D eigenvalue weighted by molar-refractivity contribution is -0.0967. The van der Waals surface area contributed by atoms with Crippen LogP contribution in [0.4, 0.5) is 0 Å². The van der Waals surface area contributed by atoms with E-state index >= 15 is 0 Å². The molecule has 3 unspecified atom stereocenters. The minimum absolute atomic E-state index is 0.0864. The standard InChI is InChI=1S/C39H41NO9/c1-6-22-47-30-18-16-29(17-19-30)39(36(45-4)26-33(49-39)28-24-34(43-2)37(46-5)35(25-28)44-3)20-11-21-40(42)38(41)27-12-10-15-32(23-27)48-31-13-8-7-9-14-31/h7-10,12-19,23-25,33,36,42H,6,20,22,26H2,1-5H3. The molecule has 3 atom stereocenters. The van der Waals surface area contributed by atoms with E-state index in [2.05, 4.69) is 12.0 Å². The maximum Gasteiger partial charge on any atom is 0.289 e. The van der Waals surface area contributed by atoms with Gasteiger partial charge in [0.25, 0.3) is 5.91 Å². The zero-order valence-corrected chi connectivity index (χ0v) is 28.3. The van der Waals surface area contributed by atoms with Gasteiger partial charge in [-0.2, -0.15) is 0 Å². The summed E-state index contributed by atoms with van der Waals surface area (Å²) in [6, 6.07) is 29.7. The molecule has 4 aromatic carbocycles. The van der Waals surface area contributed by atoms with E-state index in [4.69, 9.17) is 33.2 Å². The highest BCUT2D eigenvalue weighted by atomic mass is 16.6. The summed E-state index contributed by atoms with van der Waals surface area (Å²) in [6.07, 6.45) is 0.538. The van der Waals surface area contributed by atoms with Crippen LogP contribution in [0.3, 0.4) is 0 Å². The van der Waals surface area contributed by atoms with Gasteiger partial charge in [0.1, 0.15) is 22.8 Å². The van der Waals surface area contributed by atoms with Gasteiger partial charge in [0, 0.05) is 31.6 Å². The van der Waals surface area contributed by atoms with Crippen molar-refractivity contribution in [2.24, 2.45) is 0 Å². The van der Waals surface area contributed by atoms with Gasteiger partial charge in [-0.15, -0.1) is 5.06 Å². The average Bonchev–Trinajstić information content (AvgIpc) is 3.53. The summed E-state index contributed by atoms with van der Waals surface area (Å²) in [5, 5.41) is 11.1. The number of rotatable bonds is 13. The second-order valence-corrected chi connectivity index (χ2v) is 11.3. The highest BCUT2D eigenvalue weighted by molar-refractivity contribution is 5.94. The Morgan fingerprint density at radius 2 is 1.57 bits per heavy atom.